The molecule has 1 aromatic carbocycles. The quantitative estimate of drug-likeness (QED) is 0.724. The molecule has 3 atom stereocenters. The summed E-state index contributed by atoms with van der Waals surface area (Å²) in [5.74, 6) is 0.720. The van der Waals surface area contributed by atoms with E-state index in [-0.39, 0.29) is 18.1 Å². The van der Waals surface area contributed by atoms with Crippen LogP contribution in [0.5, 0.6) is 5.75 Å². The number of hydrogen-bond acceptors (Lipinski definition) is 2. The maximum absolute atomic E-state index is 12.9. The van der Waals surface area contributed by atoms with Crippen LogP contribution < -0.4 is 4.74 Å². The van der Waals surface area contributed by atoms with Crippen LogP contribution in [0, 0.1) is 5.92 Å². The number of alkyl halides is 3. The zero-order valence-corrected chi connectivity index (χ0v) is 12.5. The third-order valence-corrected chi connectivity index (χ3v) is 3.71. The largest absolute Gasteiger partial charge is 0.493 e. The first kappa shape index (κ1) is 16.1. The molecular weight excluding hydrogens is 281 g/mol. The Balaban J connectivity index is 2.20. The Morgan fingerprint density at radius 2 is 2.00 bits per heavy atom. The molecule has 21 heavy (non-hydrogen) atoms. The van der Waals surface area contributed by atoms with Crippen molar-refractivity contribution < 1.29 is 22.6 Å². The lowest BCUT2D eigenvalue weighted by molar-refractivity contribution is -0.137. The molecule has 0 saturated carbocycles. The Bertz CT molecular complexity index is 485. The van der Waals surface area contributed by atoms with E-state index < -0.39 is 11.7 Å². The molecule has 1 aromatic rings. The third kappa shape index (κ3) is 4.13. The first-order chi connectivity index (χ1) is 9.82. The normalized spacial score (nSPS) is 23.0. The first-order valence-electron chi connectivity index (χ1n) is 7.31. The molecule has 0 aromatic heterocycles. The number of epoxide rings is 1. The number of ether oxygens (including phenoxy) is 2. The van der Waals surface area contributed by atoms with Crippen LogP contribution in [-0.2, 0) is 17.3 Å². The van der Waals surface area contributed by atoms with Crippen molar-refractivity contribution >= 4 is 0 Å². The topological polar surface area (TPSA) is 21.8 Å². The van der Waals surface area contributed by atoms with Crippen molar-refractivity contribution in [3.8, 4) is 5.75 Å². The molecule has 1 saturated heterocycles. The Labute approximate surface area is 123 Å². The fraction of sp³-hybridized carbons (Fsp3) is 0.625. The van der Waals surface area contributed by atoms with E-state index in [4.69, 9.17) is 9.47 Å². The Hall–Kier alpha value is -1.23. The summed E-state index contributed by atoms with van der Waals surface area (Å²) in [6.45, 7) is 6.44. The van der Waals surface area contributed by atoms with Crippen LogP contribution in [0.25, 0.3) is 0 Å². The number of rotatable bonds is 6. The van der Waals surface area contributed by atoms with Crippen LogP contribution in [0.15, 0.2) is 18.2 Å². The molecular formula is C16H21F3O2. The van der Waals surface area contributed by atoms with Gasteiger partial charge in [-0.25, -0.2) is 0 Å². The van der Waals surface area contributed by atoms with E-state index >= 15 is 0 Å². The minimum atomic E-state index is -4.33. The van der Waals surface area contributed by atoms with Crippen LogP contribution in [0.4, 0.5) is 13.2 Å². The van der Waals surface area contributed by atoms with Crippen molar-refractivity contribution in [1.29, 1.82) is 0 Å². The van der Waals surface area contributed by atoms with Gasteiger partial charge in [0.05, 0.1) is 24.4 Å². The van der Waals surface area contributed by atoms with Crippen molar-refractivity contribution in [2.45, 2.75) is 52.0 Å². The highest BCUT2D eigenvalue weighted by Crippen LogP contribution is 2.36. The molecule has 0 radical (unpaired) electrons. The van der Waals surface area contributed by atoms with E-state index in [2.05, 4.69) is 0 Å². The predicted molar refractivity (Wildman–Crippen MR) is 74.4 cm³/mol. The molecule has 1 aliphatic rings. The molecule has 1 aliphatic heterocycles. The highest BCUT2D eigenvalue weighted by Gasteiger charge is 2.39. The van der Waals surface area contributed by atoms with E-state index in [0.29, 0.717) is 24.3 Å². The third-order valence-electron chi connectivity index (χ3n) is 3.71. The lowest BCUT2D eigenvalue weighted by Gasteiger charge is -2.16. The van der Waals surface area contributed by atoms with Gasteiger partial charge in [-0.1, -0.05) is 13.8 Å². The maximum Gasteiger partial charge on any atom is 0.416 e. The van der Waals surface area contributed by atoms with Gasteiger partial charge in [-0.05, 0) is 49.4 Å². The van der Waals surface area contributed by atoms with Gasteiger partial charge in [-0.3, -0.25) is 0 Å². The molecule has 1 fully saturated rings. The Kier molecular flexibility index (Phi) is 4.81. The molecule has 2 nitrogen and oxygen atoms in total. The van der Waals surface area contributed by atoms with Gasteiger partial charge in [-0.2, -0.15) is 13.2 Å². The fourth-order valence-electron chi connectivity index (χ4n) is 2.53. The highest BCUT2D eigenvalue weighted by molar-refractivity contribution is 5.39. The number of benzene rings is 1. The molecule has 2 rings (SSSR count). The second kappa shape index (κ2) is 6.26. The van der Waals surface area contributed by atoms with Crippen molar-refractivity contribution in [2.75, 3.05) is 6.61 Å². The predicted octanol–water partition coefficient (Wildman–Crippen LogP) is 4.46. The summed E-state index contributed by atoms with van der Waals surface area (Å²) in [5, 5.41) is 0. The van der Waals surface area contributed by atoms with Crippen LogP contribution in [0.3, 0.4) is 0 Å². The van der Waals surface area contributed by atoms with Gasteiger partial charge in [0.1, 0.15) is 5.75 Å². The van der Waals surface area contributed by atoms with Gasteiger partial charge in [0.15, 0.2) is 0 Å². The van der Waals surface area contributed by atoms with Crippen molar-refractivity contribution in [3.05, 3.63) is 29.3 Å². The number of hydrogen-bond donors (Lipinski definition) is 0. The van der Waals surface area contributed by atoms with E-state index in [1.807, 2.05) is 20.8 Å². The van der Waals surface area contributed by atoms with E-state index in [1.54, 1.807) is 0 Å². The molecule has 0 amide bonds. The molecule has 0 bridgehead atoms. The SMILES string of the molecule is CCCOc1ccc(C(F)(F)F)cc1CC(C)C1OC1C. The smallest absolute Gasteiger partial charge is 0.416 e. The van der Waals surface area contributed by atoms with Crippen molar-refractivity contribution in [2.24, 2.45) is 5.92 Å². The summed E-state index contributed by atoms with van der Waals surface area (Å²) >= 11 is 0. The van der Waals surface area contributed by atoms with E-state index in [9.17, 15) is 13.2 Å². The molecule has 0 spiro atoms. The average molecular weight is 302 g/mol. The summed E-state index contributed by atoms with van der Waals surface area (Å²) < 4.78 is 49.5. The first-order valence-corrected chi connectivity index (χ1v) is 7.31. The monoisotopic (exact) mass is 302 g/mol. The molecule has 0 aliphatic carbocycles. The summed E-state index contributed by atoms with van der Waals surface area (Å²) in [4.78, 5) is 0. The standard InChI is InChI=1S/C16H21F3O2/c1-4-7-20-14-6-5-13(16(17,18)19)9-12(14)8-10(2)15-11(3)21-15/h5-6,9-11,15H,4,7-8H2,1-3H3. The highest BCUT2D eigenvalue weighted by atomic mass is 19.4. The Morgan fingerprint density at radius 3 is 2.52 bits per heavy atom. The number of halogens is 3. The van der Waals surface area contributed by atoms with Crippen LogP contribution in [0.1, 0.15) is 38.3 Å². The fourth-order valence-corrected chi connectivity index (χ4v) is 2.53. The second-order valence-corrected chi connectivity index (χ2v) is 5.66. The zero-order valence-electron chi connectivity index (χ0n) is 12.5. The minimum Gasteiger partial charge on any atom is -0.493 e. The average Bonchev–Trinajstić information content (AvgIpc) is 3.13. The summed E-state index contributed by atoms with van der Waals surface area (Å²) in [7, 11) is 0. The maximum atomic E-state index is 12.9. The lowest BCUT2D eigenvalue weighted by atomic mass is 9.95. The summed E-state index contributed by atoms with van der Waals surface area (Å²) in [6.07, 6.45) is -2.65. The van der Waals surface area contributed by atoms with Gasteiger partial charge in [0.25, 0.3) is 0 Å². The van der Waals surface area contributed by atoms with Crippen LogP contribution in [0.2, 0.25) is 0 Å². The second-order valence-electron chi connectivity index (χ2n) is 5.66. The minimum absolute atomic E-state index is 0.138. The van der Waals surface area contributed by atoms with E-state index in [0.717, 1.165) is 12.5 Å². The molecule has 1 heterocycles. The van der Waals surface area contributed by atoms with Gasteiger partial charge >= 0.3 is 6.18 Å². The Morgan fingerprint density at radius 1 is 1.33 bits per heavy atom. The van der Waals surface area contributed by atoms with Gasteiger partial charge in [0.2, 0.25) is 0 Å². The molecule has 3 unspecified atom stereocenters. The molecule has 0 N–H and O–H groups in total. The summed E-state index contributed by atoms with van der Waals surface area (Å²) in [6, 6.07) is 3.71. The van der Waals surface area contributed by atoms with Gasteiger partial charge < -0.3 is 9.47 Å². The van der Waals surface area contributed by atoms with Crippen molar-refractivity contribution in [1.82, 2.24) is 0 Å². The van der Waals surface area contributed by atoms with Crippen molar-refractivity contribution in [3.63, 3.8) is 0 Å². The zero-order chi connectivity index (χ0) is 15.6. The molecule has 5 heteroatoms. The lowest BCUT2D eigenvalue weighted by Crippen LogP contribution is -2.12. The van der Waals surface area contributed by atoms with Gasteiger partial charge in [0, 0.05) is 0 Å². The molecule has 118 valence electrons. The van der Waals surface area contributed by atoms with E-state index in [1.165, 1.54) is 12.1 Å². The van der Waals surface area contributed by atoms with Crippen LogP contribution in [-0.4, -0.2) is 18.8 Å². The van der Waals surface area contributed by atoms with Gasteiger partial charge in [-0.15, -0.1) is 0 Å². The summed E-state index contributed by atoms with van der Waals surface area (Å²) in [5.41, 5.74) is -0.0215. The van der Waals surface area contributed by atoms with Crippen LogP contribution >= 0.6 is 0 Å².